The maximum atomic E-state index is 7.36. The van der Waals surface area contributed by atoms with E-state index in [4.69, 9.17) is 16.1 Å². The van der Waals surface area contributed by atoms with Crippen molar-refractivity contribution in [3.63, 3.8) is 0 Å². The lowest BCUT2D eigenvalue weighted by Gasteiger charge is -2.17. The minimum atomic E-state index is 0.657. The highest BCUT2D eigenvalue weighted by atomic mass is 15.0. The summed E-state index contributed by atoms with van der Waals surface area (Å²) in [5, 5.41) is 10.7. The van der Waals surface area contributed by atoms with E-state index in [0.717, 1.165) is 42.9 Å². The van der Waals surface area contributed by atoms with Gasteiger partial charge in [-0.3, -0.25) is 0 Å². The molecule has 0 bridgehead atoms. The van der Waals surface area contributed by atoms with Crippen LogP contribution in [0.2, 0.25) is 0 Å². The van der Waals surface area contributed by atoms with Gasteiger partial charge in [0.05, 0.1) is 0 Å². The second-order valence-electron chi connectivity index (χ2n) is 5.45. The number of fused-ring (bicyclic) bond motifs is 1. The maximum absolute atomic E-state index is 7.36. The van der Waals surface area contributed by atoms with Crippen LogP contribution < -0.4 is 11.1 Å². The molecule has 4 N–H and O–H groups in total. The van der Waals surface area contributed by atoms with Crippen LogP contribution in [0.1, 0.15) is 28.8 Å². The van der Waals surface area contributed by atoms with Gasteiger partial charge in [-0.15, -0.1) is 0 Å². The van der Waals surface area contributed by atoms with Crippen molar-refractivity contribution >= 4 is 17.7 Å². The highest BCUT2D eigenvalue weighted by Gasteiger charge is 2.10. The second-order valence-corrected chi connectivity index (χ2v) is 5.45. The number of nitrogen functional groups attached to an aromatic ring is 1. The van der Waals surface area contributed by atoms with Gasteiger partial charge in [0, 0.05) is 29.7 Å². The van der Waals surface area contributed by atoms with Gasteiger partial charge >= 0.3 is 0 Å². The number of pyridine rings is 1. The quantitative estimate of drug-likeness (QED) is 0.595. The molecule has 0 saturated heterocycles. The number of nitrogens with one attached hydrogen (secondary N) is 2. The molecule has 1 aliphatic rings. The maximum Gasteiger partial charge on any atom is 0.129 e. The smallest absolute Gasteiger partial charge is 0.129 e. The molecular formula is C17H20N4. The van der Waals surface area contributed by atoms with E-state index in [-0.39, 0.29) is 0 Å². The van der Waals surface area contributed by atoms with Crippen LogP contribution in [0.4, 0.5) is 11.5 Å². The van der Waals surface area contributed by atoms with Crippen LogP contribution >= 0.6 is 0 Å². The Balaban J connectivity index is 1.71. The molecule has 0 fully saturated rings. The van der Waals surface area contributed by atoms with Crippen molar-refractivity contribution in [2.75, 3.05) is 17.6 Å². The highest BCUT2D eigenvalue weighted by molar-refractivity contribution is 5.85. The molecule has 0 atom stereocenters. The first-order valence-electron chi connectivity index (χ1n) is 7.38. The van der Waals surface area contributed by atoms with Gasteiger partial charge in [-0.1, -0.05) is 12.1 Å². The van der Waals surface area contributed by atoms with E-state index in [1.54, 1.807) is 0 Å². The van der Waals surface area contributed by atoms with Crippen LogP contribution in [0.5, 0.6) is 0 Å². The fourth-order valence-corrected chi connectivity index (χ4v) is 2.69. The number of rotatable bonds is 4. The number of nitrogens with two attached hydrogens (primary N) is 1. The molecule has 0 saturated carbocycles. The Bertz CT molecular complexity index is 664. The van der Waals surface area contributed by atoms with E-state index in [1.807, 2.05) is 18.2 Å². The molecule has 108 valence electrons. The monoisotopic (exact) mass is 280 g/mol. The number of aromatic nitrogens is 1. The summed E-state index contributed by atoms with van der Waals surface area (Å²) < 4.78 is 0. The Morgan fingerprint density at radius 1 is 1.24 bits per heavy atom. The fraction of sp³-hybridized carbons (Fsp3) is 0.294. The summed E-state index contributed by atoms with van der Waals surface area (Å²) in [5.74, 6) is 1.05. The second kappa shape index (κ2) is 5.95. The molecule has 0 unspecified atom stereocenters. The van der Waals surface area contributed by atoms with E-state index < -0.39 is 0 Å². The predicted molar refractivity (Wildman–Crippen MR) is 87.2 cm³/mol. The standard InChI is InChI=1S/C17H20N4/c18-11-14-10-12(4-8-16(14)19)3-6-15-7-5-13-2-1-9-20-17(13)21-15/h4-5,7-8,10-11,18H,1-3,6,9,19H2,(H,20,21). The third kappa shape index (κ3) is 3.05. The Labute approximate surface area is 124 Å². The molecule has 4 nitrogen and oxygen atoms in total. The summed E-state index contributed by atoms with van der Waals surface area (Å²) in [7, 11) is 0. The van der Waals surface area contributed by atoms with Gasteiger partial charge in [-0.25, -0.2) is 4.98 Å². The van der Waals surface area contributed by atoms with Gasteiger partial charge in [0.2, 0.25) is 0 Å². The first-order valence-corrected chi connectivity index (χ1v) is 7.38. The molecule has 1 aromatic carbocycles. The minimum Gasteiger partial charge on any atom is -0.398 e. The Kier molecular flexibility index (Phi) is 3.86. The third-order valence-corrected chi connectivity index (χ3v) is 3.93. The number of nitrogens with zero attached hydrogens (tertiary/aromatic N) is 1. The molecular weight excluding hydrogens is 260 g/mol. The van der Waals surface area contributed by atoms with E-state index in [0.29, 0.717) is 5.69 Å². The van der Waals surface area contributed by atoms with Gasteiger partial charge in [-0.2, -0.15) is 0 Å². The number of anilines is 2. The number of benzene rings is 1. The van der Waals surface area contributed by atoms with Crippen molar-refractivity contribution in [1.82, 2.24) is 4.98 Å². The number of hydrogen-bond donors (Lipinski definition) is 3. The van der Waals surface area contributed by atoms with E-state index >= 15 is 0 Å². The fourth-order valence-electron chi connectivity index (χ4n) is 2.69. The van der Waals surface area contributed by atoms with Crippen LogP contribution in [0, 0.1) is 5.41 Å². The topological polar surface area (TPSA) is 74.8 Å². The lowest BCUT2D eigenvalue weighted by atomic mass is 10.0. The summed E-state index contributed by atoms with van der Waals surface area (Å²) >= 11 is 0. The van der Waals surface area contributed by atoms with Gasteiger partial charge in [0.25, 0.3) is 0 Å². The molecule has 0 amide bonds. The Hall–Kier alpha value is -2.36. The van der Waals surface area contributed by atoms with Gasteiger partial charge in [0.15, 0.2) is 0 Å². The van der Waals surface area contributed by atoms with Gasteiger partial charge < -0.3 is 16.5 Å². The minimum absolute atomic E-state index is 0.657. The summed E-state index contributed by atoms with van der Waals surface area (Å²) in [5.41, 5.74) is 10.9. The molecule has 2 heterocycles. The van der Waals surface area contributed by atoms with E-state index in [1.165, 1.54) is 23.8 Å². The zero-order valence-corrected chi connectivity index (χ0v) is 12.0. The van der Waals surface area contributed by atoms with Crippen molar-refractivity contribution in [2.24, 2.45) is 0 Å². The molecule has 1 aromatic heterocycles. The zero-order valence-electron chi connectivity index (χ0n) is 12.0. The Morgan fingerprint density at radius 3 is 3.00 bits per heavy atom. The average Bonchev–Trinajstić information content (AvgIpc) is 2.54. The van der Waals surface area contributed by atoms with E-state index in [2.05, 4.69) is 17.4 Å². The van der Waals surface area contributed by atoms with Crippen LogP contribution in [0.25, 0.3) is 0 Å². The van der Waals surface area contributed by atoms with Crippen molar-refractivity contribution in [3.8, 4) is 0 Å². The Morgan fingerprint density at radius 2 is 2.14 bits per heavy atom. The van der Waals surface area contributed by atoms with Crippen LogP contribution in [-0.4, -0.2) is 17.7 Å². The molecule has 0 spiro atoms. The molecule has 2 aromatic rings. The molecule has 0 aliphatic carbocycles. The summed E-state index contributed by atoms with van der Waals surface area (Å²) in [6.45, 7) is 1.02. The molecule has 4 heteroatoms. The molecule has 1 aliphatic heterocycles. The van der Waals surface area contributed by atoms with Crippen molar-refractivity contribution < 1.29 is 0 Å². The predicted octanol–water partition coefficient (Wildman–Crippen LogP) is 2.80. The first-order chi connectivity index (χ1) is 10.3. The lowest BCUT2D eigenvalue weighted by molar-refractivity contribution is 0.806. The first kappa shape index (κ1) is 13.6. The van der Waals surface area contributed by atoms with E-state index in [9.17, 15) is 0 Å². The summed E-state index contributed by atoms with van der Waals surface area (Å²) in [6.07, 6.45) is 5.42. The van der Waals surface area contributed by atoms with Gasteiger partial charge in [0.1, 0.15) is 5.82 Å². The lowest BCUT2D eigenvalue weighted by Crippen LogP contribution is -2.14. The summed E-state index contributed by atoms with van der Waals surface area (Å²) in [4.78, 5) is 4.71. The van der Waals surface area contributed by atoms with Crippen molar-refractivity contribution in [1.29, 1.82) is 5.41 Å². The van der Waals surface area contributed by atoms with Gasteiger partial charge in [-0.05, 0) is 55.0 Å². The normalized spacial score (nSPS) is 13.3. The highest BCUT2D eigenvalue weighted by Crippen LogP contribution is 2.20. The molecule has 21 heavy (non-hydrogen) atoms. The largest absolute Gasteiger partial charge is 0.398 e. The SMILES string of the molecule is N=Cc1cc(CCc2ccc3c(n2)NCCC3)ccc1N. The molecule has 0 radical (unpaired) electrons. The van der Waals surface area contributed by atoms with Crippen molar-refractivity contribution in [2.45, 2.75) is 25.7 Å². The van der Waals surface area contributed by atoms with Crippen LogP contribution in [0.3, 0.4) is 0 Å². The third-order valence-electron chi connectivity index (χ3n) is 3.93. The van der Waals surface area contributed by atoms with Crippen molar-refractivity contribution in [3.05, 3.63) is 52.7 Å². The zero-order chi connectivity index (χ0) is 14.7. The van der Waals surface area contributed by atoms with Crippen LogP contribution in [-0.2, 0) is 19.3 Å². The summed E-state index contributed by atoms with van der Waals surface area (Å²) in [6, 6.07) is 10.2. The molecule has 3 rings (SSSR count). The van der Waals surface area contributed by atoms with Crippen LogP contribution in [0.15, 0.2) is 30.3 Å². The number of hydrogen-bond acceptors (Lipinski definition) is 4. The number of aryl methyl sites for hydroxylation is 3. The average molecular weight is 280 g/mol.